The fourth-order valence-electron chi connectivity index (χ4n) is 2.78. The highest BCUT2D eigenvalue weighted by atomic mass is 32.2. The van der Waals surface area contributed by atoms with Crippen molar-refractivity contribution in [3.05, 3.63) is 36.4 Å². The Hall–Kier alpha value is -1.74. The van der Waals surface area contributed by atoms with Gasteiger partial charge in [-0.1, -0.05) is 39.5 Å². The number of hydrogen-bond acceptors (Lipinski definition) is 7. The molecule has 1 aliphatic heterocycles. The van der Waals surface area contributed by atoms with Crippen LogP contribution < -0.4 is 15.7 Å². The molecule has 0 spiro atoms. The lowest BCUT2D eigenvalue weighted by Crippen LogP contribution is -2.49. The van der Waals surface area contributed by atoms with E-state index >= 15 is 0 Å². The molecule has 0 aliphatic carbocycles. The van der Waals surface area contributed by atoms with Crippen molar-refractivity contribution in [1.29, 1.82) is 0 Å². The molecule has 2 rings (SSSR count). The predicted octanol–water partition coefficient (Wildman–Crippen LogP) is 2.20. The molecule has 1 amide bonds. The first-order valence-corrected chi connectivity index (χ1v) is 10.3. The number of benzene rings is 1. The molecule has 2 atom stereocenters. The number of rotatable bonds is 9. The summed E-state index contributed by atoms with van der Waals surface area (Å²) in [6.07, 6.45) is 0.826. The SMILES string of the molecule is C=C(NC(C(=O)NO)C(O)SC(C)(C)CC)c1ccc(N2CCOCC2)cc1. The van der Waals surface area contributed by atoms with Crippen molar-refractivity contribution in [3.8, 4) is 0 Å². The molecule has 28 heavy (non-hydrogen) atoms. The fourth-order valence-corrected chi connectivity index (χ4v) is 3.93. The Morgan fingerprint density at radius 3 is 2.46 bits per heavy atom. The topological polar surface area (TPSA) is 94.1 Å². The van der Waals surface area contributed by atoms with Gasteiger partial charge in [-0.2, -0.15) is 0 Å². The summed E-state index contributed by atoms with van der Waals surface area (Å²) in [5, 5.41) is 22.6. The standard InChI is InChI=1S/C20H31N3O4S/c1-5-20(3,4)28-19(25)17(18(24)22-26)21-14(2)15-6-8-16(9-7-15)23-10-12-27-13-11-23/h6-9,17,19,21,25-26H,2,5,10-13H2,1,3-4H3,(H,22,24). The normalized spacial score (nSPS) is 17.0. The number of aliphatic hydroxyl groups excluding tert-OH is 1. The molecule has 1 aliphatic rings. The average molecular weight is 410 g/mol. The van der Waals surface area contributed by atoms with Crippen molar-refractivity contribution in [2.24, 2.45) is 0 Å². The van der Waals surface area contributed by atoms with Crippen LogP contribution >= 0.6 is 11.8 Å². The second-order valence-corrected chi connectivity index (χ2v) is 9.17. The lowest BCUT2D eigenvalue weighted by molar-refractivity contribution is -0.132. The third-order valence-electron chi connectivity index (χ3n) is 4.89. The second-order valence-electron chi connectivity index (χ2n) is 7.34. The van der Waals surface area contributed by atoms with Crippen molar-refractivity contribution in [3.63, 3.8) is 0 Å². The summed E-state index contributed by atoms with van der Waals surface area (Å²) in [6, 6.07) is 6.81. The molecule has 1 fully saturated rings. The van der Waals surface area contributed by atoms with Gasteiger partial charge in [0, 0.05) is 29.2 Å². The van der Waals surface area contributed by atoms with Gasteiger partial charge >= 0.3 is 0 Å². The monoisotopic (exact) mass is 409 g/mol. The Kier molecular flexibility index (Phi) is 8.18. The predicted molar refractivity (Wildman–Crippen MR) is 113 cm³/mol. The Morgan fingerprint density at radius 1 is 1.32 bits per heavy atom. The zero-order valence-electron chi connectivity index (χ0n) is 16.8. The first-order valence-electron chi connectivity index (χ1n) is 9.46. The highest BCUT2D eigenvalue weighted by Crippen LogP contribution is 2.32. The van der Waals surface area contributed by atoms with Crippen molar-refractivity contribution in [2.75, 3.05) is 31.2 Å². The second kappa shape index (κ2) is 10.2. The summed E-state index contributed by atoms with van der Waals surface area (Å²) in [5.74, 6) is -0.710. The van der Waals surface area contributed by atoms with E-state index in [-0.39, 0.29) is 4.75 Å². The number of nitrogens with one attached hydrogen (secondary N) is 2. The van der Waals surface area contributed by atoms with Crippen molar-refractivity contribution in [1.82, 2.24) is 10.8 Å². The van der Waals surface area contributed by atoms with Crippen LogP contribution in [0.15, 0.2) is 30.8 Å². The van der Waals surface area contributed by atoms with Crippen LogP contribution in [0.4, 0.5) is 5.69 Å². The molecule has 4 N–H and O–H groups in total. The molecule has 0 aromatic heterocycles. The maximum Gasteiger partial charge on any atom is 0.269 e. The minimum Gasteiger partial charge on any atom is -0.380 e. The number of ether oxygens (including phenoxy) is 1. The van der Waals surface area contributed by atoms with E-state index in [1.807, 2.05) is 45.0 Å². The van der Waals surface area contributed by atoms with E-state index < -0.39 is 17.4 Å². The van der Waals surface area contributed by atoms with E-state index in [0.717, 1.165) is 44.0 Å². The number of aliphatic hydroxyl groups is 1. The Labute approximate surface area is 171 Å². The molecule has 0 bridgehead atoms. The van der Waals surface area contributed by atoms with Crippen LogP contribution in [0.25, 0.3) is 5.70 Å². The van der Waals surface area contributed by atoms with E-state index in [1.54, 1.807) is 5.48 Å². The van der Waals surface area contributed by atoms with Gasteiger partial charge in [-0.05, 0) is 24.1 Å². The number of anilines is 1. The van der Waals surface area contributed by atoms with Gasteiger partial charge in [-0.25, -0.2) is 5.48 Å². The third-order valence-corrected chi connectivity index (χ3v) is 6.33. The van der Waals surface area contributed by atoms with Crippen molar-refractivity contribution >= 4 is 29.1 Å². The van der Waals surface area contributed by atoms with Gasteiger partial charge in [-0.15, -0.1) is 11.8 Å². The summed E-state index contributed by atoms with van der Waals surface area (Å²) >= 11 is 1.27. The van der Waals surface area contributed by atoms with Crippen LogP contribution in [0.3, 0.4) is 0 Å². The highest BCUT2D eigenvalue weighted by Gasteiger charge is 2.32. The Bertz CT molecular complexity index is 660. The third kappa shape index (κ3) is 6.13. The van der Waals surface area contributed by atoms with Crippen molar-refractivity contribution < 1.29 is 19.8 Å². The van der Waals surface area contributed by atoms with Gasteiger partial charge < -0.3 is 20.1 Å². The fraction of sp³-hybridized carbons (Fsp3) is 0.550. The largest absolute Gasteiger partial charge is 0.380 e. The average Bonchev–Trinajstić information content (AvgIpc) is 2.71. The molecule has 156 valence electrons. The van der Waals surface area contributed by atoms with Gasteiger partial charge in [0.15, 0.2) is 0 Å². The van der Waals surface area contributed by atoms with Crippen LogP contribution in [-0.2, 0) is 9.53 Å². The van der Waals surface area contributed by atoms with E-state index in [4.69, 9.17) is 9.94 Å². The van der Waals surface area contributed by atoms with E-state index in [0.29, 0.717) is 5.70 Å². The van der Waals surface area contributed by atoms with E-state index in [9.17, 15) is 9.90 Å². The van der Waals surface area contributed by atoms with Crippen LogP contribution in [-0.4, -0.2) is 58.7 Å². The molecule has 2 unspecified atom stereocenters. The lowest BCUT2D eigenvalue weighted by atomic mass is 10.1. The zero-order chi connectivity index (χ0) is 20.7. The summed E-state index contributed by atoms with van der Waals surface area (Å²) in [4.78, 5) is 14.3. The van der Waals surface area contributed by atoms with Crippen LogP contribution in [0, 0.1) is 0 Å². The van der Waals surface area contributed by atoms with E-state index in [2.05, 4.69) is 16.8 Å². The van der Waals surface area contributed by atoms with Gasteiger partial charge in [0.25, 0.3) is 5.91 Å². The molecule has 1 heterocycles. The van der Waals surface area contributed by atoms with Crippen LogP contribution in [0.2, 0.25) is 0 Å². The molecule has 0 saturated carbocycles. The number of hydroxylamine groups is 1. The number of hydrogen-bond donors (Lipinski definition) is 4. The molecule has 0 radical (unpaired) electrons. The maximum atomic E-state index is 12.1. The number of carbonyl (C=O) groups excluding carboxylic acids is 1. The first kappa shape index (κ1) is 22.5. The number of carbonyl (C=O) groups is 1. The number of amides is 1. The minimum atomic E-state index is -1.05. The van der Waals surface area contributed by atoms with E-state index in [1.165, 1.54) is 11.8 Å². The Morgan fingerprint density at radius 2 is 1.93 bits per heavy atom. The van der Waals surface area contributed by atoms with Crippen LogP contribution in [0.1, 0.15) is 32.8 Å². The molecule has 1 aromatic rings. The summed E-state index contributed by atoms with van der Waals surface area (Å²) < 4.78 is 5.16. The number of nitrogens with zero attached hydrogens (tertiary/aromatic N) is 1. The number of thioether (sulfide) groups is 1. The summed E-state index contributed by atoms with van der Waals surface area (Å²) in [7, 11) is 0. The number of morpholine rings is 1. The molecule has 7 nitrogen and oxygen atoms in total. The van der Waals surface area contributed by atoms with Crippen molar-refractivity contribution in [2.45, 2.75) is 43.4 Å². The maximum absolute atomic E-state index is 12.1. The van der Waals surface area contributed by atoms with Gasteiger partial charge in [-0.3, -0.25) is 10.0 Å². The first-order chi connectivity index (χ1) is 13.3. The summed E-state index contributed by atoms with van der Waals surface area (Å²) in [5.41, 5.74) is 2.98. The molecule has 1 saturated heterocycles. The van der Waals surface area contributed by atoms with Gasteiger partial charge in [0.05, 0.1) is 13.2 Å². The molecule has 8 heteroatoms. The van der Waals surface area contributed by atoms with Gasteiger partial charge in [0.1, 0.15) is 11.5 Å². The summed E-state index contributed by atoms with van der Waals surface area (Å²) in [6.45, 7) is 13.2. The Balaban J connectivity index is 2.06. The quantitative estimate of drug-likeness (QED) is 0.282. The van der Waals surface area contributed by atoms with Crippen LogP contribution in [0.5, 0.6) is 0 Å². The molecular formula is C20H31N3O4S. The highest BCUT2D eigenvalue weighted by molar-refractivity contribution is 8.01. The molecule has 1 aromatic carbocycles. The molecular weight excluding hydrogens is 378 g/mol. The minimum absolute atomic E-state index is 0.212. The van der Waals surface area contributed by atoms with Gasteiger partial charge in [0.2, 0.25) is 0 Å². The zero-order valence-corrected chi connectivity index (χ0v) is 17.6. The smallest absolute Gasteiger partial charge is 0.269 e. The lowest BCUT2D eigenvalue weighted by Gasteiger charge is -2.31.